The molecule has 0 aliphatic carbocycles. The van der Waals surface area contributed by atoms with Crippen LogP contribution in [0.3, 0.4) is 0 Å². The number of sulfonamides is 1. The second kappa shape index (κ2) is 7.58. The van der Waals surface area contributed by atoms with Gasteiger partial charge in [-0.2, -0.15) is 4.31 Å². The summed E-state index contributed by atoms with van der Waals surface area (Å²) in [6, 6.07) is 17.4. The van der Waals surface area contributed by atoms with Crippen LogP contribution in [0.2, 0.25) is 5.02 Å². The number of nitrogens with one attached hydrogen (secondary N) is 1. The first-order chi connectivity index (χ1) is 13.4. The number of benzene rings is 2. The summed E-state index contributed by atoms with van der Waals surface area (Å²) in [6.07, 6.45) is 3.04. The molecule has 1 fully saturated rings. The van der Waals surface area contributed by atoms with Crippen LogP contribution in [0.25, 0.3) is 0 Å². The lowest BCUT2D eigenvalue weighted by atomic mass is 9.94. The first-order valence-corrected chi connectivity index (χ1v) is 10.8. The van der Waals surface area contributed by atoms with Gasteiger partial charge in [0.2, 0.25) is 0 Å². The molecule has 2 atom stereocenters. The van der Waals surface area contributed by atoms with Crippen LogP contribution in [0.5, 0.6) is 0 Å². The Morgan fingerprint density at radius 2 is 1.79 bits per heavy atom. The number of imidazole rings is 1. The standard InChI is InChI=1S/C20H21ClN4O2S/c1-24-13-20(22-14-24)28(26,27)25-11-18(15-5-3-2-4-6-15)19(12-25)23-17-9-7-16(21)8-10-17/h2-10,13-14,18-19,23H,11-12H2,1H3/t18-,19+/m1/s1. The molecule has 1 N–H and O–H groups in total. The molecule has 146 valence electrons. The van der Waals surface area contributed by atoms with Gasteiger partial charge in [-0.05, 0) is 29.8 Å². The molecule has 6 nitrogen and oxygen atoms in total. The van der Waals surface area contributed by atoms with Crippen molar-refractivity contribution in [3.63, 3.8) is 0 Å². The molecule has 0 radical (unpaired) electrons. The van der Waals surface area contributed by atoms with E-state index in [2.05, 4.69) is 10.3 Å². The van der Waals surface area contributed by atoms with Crippen molar-refractivity contribution in [2.45, 2.75) is 17.0 Å². The Morgan fingerprint density at radius 3 is 2.43 bits per heavy atom. The molecule has 4 rings (SSSR count). The van der Waals surface area contributed by atoms with E-state index in [1.165, 1.54) is 16.8 Å². The minimum Gasteiger partial charge on any atom is -0.380 e. The van der Waals surface area contributed by atoms with Gasteiger partial charge in [-0.1, -0.05) is 41.9 Å². The lowest BCUT2D eigenvalue weighted by Crippen LogP contribution is -2.32. The van der Waals surface area contributed by atoms with Gasteiger partial charge in [0.05, 0.1) is 6.33 Å². The second-order valence-corrected chi connectivity index (χ2v) is 9.30. The molecule has 1 aromatic heterocycles. The van der Waals surface area contributed by atoms with Gasteiger partial charge < -0.3 is 9.88 Å². The number of anilines is 1. The number of hydrogen-bond donors (Lipinski definition) is 1. The fourth-order valence-electron chi connectivity index (χ4n) is 3.56. The molecule has 0 saturated carbocycles. The molecule has 0 amide bonds. The predicted molar refractivity (Wildman–Crippen MR) is 110 cm³/mol. The molecule has 1 aliphatic heterocycles. The topological polar surface area (TPSA) is 67.2 Å². The number of aryl methyl sites for hydroxylation is 1. The first kappa shape index (κ1) is 19.0. The van der Waals surface area contributed by atoms with E-state index < -0.39 is 10.0 Å². The summed E-state index contributed by atoms with van der Waals surface area (Å²) >= 11 is 5.98. The summed E-state index contributed by atoms with van der Waals surface area (Å²) < 4.78 is 29.3. The Balaban J connectivity index is 1.64. The van der Waals surface area contributed by atoms with Gasteiger partial charge in [-0.15, -0.1) is 0 Å². The van der Waals surface area contributed by atoms with Gasteiger partial charge in [0.25, 0.3) is 10.0 Å². The fraction of sp³-hybridized carbons (Fsp3) is 0.250. The third kappa shape index (κ3) is 3.78. The molecule has 0 unspecified atom stereocenters. The molecule has 2 heterocycles. The average molecular weight is 417 g/mol. The number of rotatable bonds is 5. The highest BCUT2D eigenvalue weighted by atomic mass is 35.5. The first-order valence-electron chi connectivity index (χ1n) is 8.98. The Kier molecular flexibility index (Phi) is 5.14. The zero-order valence-electron chi connectivity index (χ0n) is 15.4. The van der Waals surface area contributed by atoms with Crippen LogP contribution in [0.1, 0.15) is 11.5 Å². The lowest BCUT2D eigenvalue weighted by Gasteiger charge is -2.21. The predicted octanol–water partition coefficient (Wildman–Crippen LogP) is 3.34. The Labute approximate surface area is 169 Å². The Morgan fingerprint density at radius 1 is 1.07 bits per heavy atom. The van der Waals surface area contributed by atoms with E-state index in [4.69, 9.17) is 11.6 Å². The van der Waals surface area contributed by atoms with Crippen LogP contribution < -0.4 is 5.32 Å². The van der Waals surface area contributed by atoms with Crippen LogP contribution >= 0.6 is 11.6 Å². The third-order valence-electron chi connectivity index (χ3n) is 5.00. The highest BCUT2D eigenvalue weighted by Crippen LogP contribution is 2.33. The van der Waals surface area contributed by atoms with Crippen molar-refractivity contribution in [1.29, 1.82) is 0 Å². The monoisotopic (exact) mass is 416 g/mol. The van der Waals surface area contributed by atoms with Crippen molar-refractivity contribution in [2.24, 2.45) is 7.05 Å². The summed E-state index contributed by atoms with van der Waals surface area (Å²) in [6.45, 7) is 0.759. The van der Waals surface area contributed by atoms with Crippen LogP contribution in [0, 0.1) is 0 Å². The molecule has 8 heteroatoms. The van der Waals surface area contributed by atoms with Crippen LogP contribution in [-0.2, 0) is 17.1 Å². The zero-order valence-corrected chi connectivity index (χ0v) is 16.9. The van der Waals surface area contributed by atoms with Gasteiger partial charge in [0.15, 0.2) is 5.03 Å². The van der Waals surface area contributed by atoms with Gasteiger partial charge in [-0.3, -0.25) is 0 Å². The van der Waals surface area contributed by atoms with Crippen LogP contribution in [0.15, 0.2) is 72.1 Å². The molecule has 28 heavy (non-hydrogen) atoms. The summed E-state index contributed by atoms with van der Waals surface area (Å²) in [4.78, 5) is 4.05. The van der Waals surface area contributed by atoms with E-state index in [1.54, 1.807) is 11.6 Å². The highest BCUT2D eigenvalue weighted by Gasteiger charge is 2.40. The summed E-state index contributed by atoms with van der Waals surface area (Å²) in [5, 5.41) is 4.23. The Hall–Kier alpha value is -2.35. The van der Waals surface area contributed by atoms with E-state index in [-0.39, 0.29) is 17.0 Å². The summed E-state index contributed by atoms with van der Waals surface area (Å²) in [7, 11) is -1.89. The van der Waals surface area contributed by atoms with Crippen molar-refractivity contribution in [1.82, 2.24) is 13.9 Å². The zero-order chi connectivity index (χ0) is 19.7. The van der Waals surface area contributed by atoms with Gasteiger partial charge in [0, 0.05) is 49.0 Å². The van der Waals surface area contributed by atoms with Crippen LogP contribution in [-0.4, -0.2) is 41.4 Å². The number of aromatic nitrogens is 2. The second-order valence-electron chi connectivity index (χ2n) is 6.97. The largest absolute Gasteiger partial charge is 0.380 e. The van der Waals surface area contributed by atoms with Crippen molar-refractivity contribution in [3.8, 4) is 0 Å². The summed E-state index contributed by atoms with van der Waals surface area (Å²) in [5.41, 5.74) is 2.01. The van der Waals surface area contributed by atoms with Crippen molar-refractivity contribution >= 4 is 27.3 Å². The van der Waals surface area contributed by atoms with Crippen LogP contribution in [0.4, 0.5) is 5.69 Å². The summed E-state index contributed by atoms with van der Waals surface area (Å²) in [5.74, 6) is 0.0235. The van der Waals surface area contributed by atoms with Gasteiger partial charge in [-0.25, -0.2) is 13.4 Å². The fourth-order valence-corrected chi connectivity index (χ4v) is 5.15. The van der Waals surface area contributed by atoms with Crippen molar-refractivity contribution in [2.75, 3.05) is 18.4 Å². The quantitative estimate of drug-likeness (QED) is 0.692. The minimum absolute atomic E-state index is 0.0235. The van der Waals surface area contributed by atoms with E-state index in [0.717, 1.165) is 11.3 Å². The third-order valence-corrected chi connectivity index (χ3v) is 6.97. The maximum atomic E-state index is 13.1. The smallest absolute Gasteiger partial charge is 0.262 e. The van der Waals surface area contributed by atoms with Crippen molar-refractivity contribution < 1.29 is 8.42 Å². The van der Waals surface area contributed by atoms with E-state index in [0.29, 0.717) is 18.1 Å². The molecule has 0 bridgehead atoms. The maximum absolute atomic E-state index is 13.1. The number of halogens is 1. The van der Waals surface area contributed by atoms with E-state index >= 15 is 0 Å². The maximum Gasteiger partial charge on any atom is 0.262 e. The molecular weight excluding hydrogens is 396 g/mol. The molecular formula is C20H21ClN4O2S. The molecule has 1 aliphatic rings. The minimum atomic E-state index is -3.65. The van der Waals surface area contributed by atoms with Gasteiger partial charge in [0.1, 0.15) is 0 Å². The van der Waals surface area contributed by atoms with E-state index in [1.807, 2.05) is 54.6 Å². The number of nitrogens with zero attached hydrogens (tertiary/aromatic N) is 3. The average Bonchev–Trinajstić information content (AvgIpc) is 3.32. The molecule has 2 aromatic carbocycles. The SMILES string of the molecule is Cn1cnc(S(=O)(=O)N2C[C@H](Nc3ccc(Cl)cc3)[C@@H](c3ccccc3)C2)c1. The number of hydrogen-bond acceptors (Lipinski definition) is 4. The Bertz CT molecular complexity index is 1050. The molecule has 1 saturated heterocycles. The van der Waals surface area contributed by atoms with Crippen molar-refractivity contribution in [3.05, 3.63) is 77.7 Å². The highest BCUT2D eigenvalue weighted by molar-refractivity contribution is 7.89. The lowest BCUT2D eigenvalue weighted by molar-refractivity contribution is 0.468. The normalized spacial score (nSPS) is 20.4. The van der Waals surface area contributed by atoms with Gasteiger partial charge >= 0.3 is 0 Å². The molecule has 3 aromatic rings. The van der Waals surface area contributed by atoms with E-state index in [9.17, 15) is 8.42 Å². The molecule has 0 spiro atoms.